The van der Waals surface area contributed by atoms with E-state index < -0.39 is 11.9 Å². The van der Waals surface area contributed by atoms with E-state index in [1.54, 1.807) is 36.4 Å². The molecule has 0 radical (unpaired) electrons. The molecule has 2 N–H and O–H groups in total. The van der Waals surface area contributed by atoms with Gasteiger partial charge in [-0.3, -0.25) is 4.79 Å². The van der Waals surface area contributed by atoms with E-state index in [1.807, 2.05) is 25.1 Å². The van der Waals surface area contributed by atoms with Crippen LogP contribution in [0.5, 0.6) is 0 Å². The van der Waals surface area contributed by atoms with E-state index in [9.17, 15) is 14.7 Å². The highest BCUT2D eigenvalue weighted by atomic mass is 16.4. The molecule has 2 rings (SSSR count). The number of amides is 1. The molecule has 0 aliphatic rings. The SMILES string of the molecule is Cc1cccc(/C=C(/NC(=O)c2ccccc2)C(=O)O)c1. The van der Waals surface area contributed by atoms with Crippen molar-refractivity contribution in [3.8, 4) is 0 Å². The van der Waals surface area contributed by atoms with Crippen molar-refractivity contribution in [1.82, 2.24) is 5.32 Å². The zero-order chi connectivity index (χ0) is 15.2. The molecule has 1 amide bonds. The van der Waals surface area contributed by atoms with E-state index >= 15 is 0 Å². The molecule has 0 aromatic heterocycles. The zero-order valence-electron chi connectivity index (χ0n) is 11.5. The monoisotopic (exact) mass is 281 g/mol. The summed E-state index contributed by atoms with van der Waals surface area (Å²) in [5.74, 6) is -1.63. The van der Waals surface area contributed by atoms with Crippen molar-refractivity contribution < 1.29 is 14.7 Å². The minimum Gasteiger partial charge on any atom is -0.477 e. The Morgan fingerprint density at radius 3 is 2.38 bits per heavy atom. The molecule has 106 valence electrons. The van der Waals surface area contributed by atoms with Crippen LogP contribution in [0.1, 0.15) is 21.5 Å². The summed E-state index contributed by atoms with van der Waals surface area (Å²) in [6.07, 6.45) is 1.44. The highest BCUT2D eigenvalue weighted by Gasteiger charge is 2.13. The maximum atomic E-state index is 12.0. The smallest absolute Gasteiger partial charge is 0.352 e. The lowest BCUT2D eigenvalue weighted by atomic mass is 10.1. The third kappa shape index (κ3) is 4.04. The molecule has 2 aromatic rings. The quantitative estimate of drug-likeness (QED) is 0.847. The predicted octanol–water partition coefficient (Wildman–Crippen LogP) is 2.85. The Morgan fingerprint density at radius 2 is 1.76 bits per heavy atom. The van der Waals surface area contributed by atoms with E-state index in [1.165, 1.54) is 6.08 Å². The third-order valence-electron chi connectivity index (χ3n) is 2.87. The summed E-state index contributed by atoms with van der Waals surface area (Å²) in [5.41, 5.74) is 1.99. The normalized spacial score (nSPS) is 11.0. The van der Waals surface area contributed by atoms with Gasteiger partial charge in [0.2, 0.25) is 0 Å². The maximum absolute atomic E-state index is 12.0. The molecule has 0 saturated heterocycles. The van der Waals surface area contributed by atoms with Gasteiger partial charge in [0.1, 0.15) is 5.70 Å². The number of carboxylic acid groups (broad SMARTS) is 1. The summed E-state index contributed by atoms with van der Waals surface area (Å²) in [4.78, 5) is 23.3. The van der Waals surface area contributed by atoms with Gasteiger partial charge < -0.3 is 10.4 Å². The van der Waals surface area contributed by atoms with Crippen LogP contribution in [0.15, 0.2) is 60.3 Å². The fourth-order valence-corrected chi connectivity index (χ4v) is 1.86. The standard InChI is InChI=1S/C17H15NO3/c1-12-6-5-7-13(10-12)11-15(17(20)21)18-16(19)14-8-3-2-4-9-14/h2-11H,1H3,(H,18,19)(H,20,21)/b15-11+. The lowest BCUT2D eigenvalue weighted by Gasteiger charge is -2.06. The van der Waals surface area contributed by atoms with Crippen LogP contribution in [0, 0.1) is 6.92 Å². The summed E-state index contributed by atoms with van der Waals surface area (Å²) in [7, 11) is 0. The van der Waals surface area contributed by atoms with Crippen molar-refractivity contribution >= 4 is 18.0 Å². The van der Waals surface area contributed by atoms with Crippen LogP contribution in [-0.2, 0) is 4.79 Å². The molecule has 0 bridgehead atoms. The highest BCUT2D eigenvalue weighted by Crippen LogP contribution is 2.09. The van der Waals surface area contributed by atoms with Gasteiger partial charge in [0.05, 0.1) is 0 Å². The van der Waals surface area contributed by atoms with Gasteiger partial charge in [-0.15, -0.1) is 0 Å². The van der Waals surface area contributed by atoms with Gasteiger partial charge in [-0.1, -0.05) is 48.0 Å². The first kappa shape index (κ1) is 14.5. The van der Waals surface area contributed by atoms with Gasteiger partial charge in [-0.2, -0.15) is 0 Å². The Kier molecular flexibility index (Phi) is 4.51. The number of nitrogens with one attached hydrogen (secondary N) is 1. The number of carbonyl (C=O) groups excluding carboxylic acids is 1. The first-order chi connectivity index (χ1) is 10.1. The van der Waals surface area contributed by atoms with Crippen LogP contribution in [0.4, 0.5) is 0 Å². The number of benzene rings is 2. The average molecular weight is 281 g/mol. The molecule has 0 unspecified atom stereocenters. The highest BCUT2D eigenvalue weighted by molar-refractivity contribution is 6.02. The van der Waals surface area contributed by atoms with Gasteiger partial charge in [-0.05, 0) is 30.7 Å². The number of rotatable bonds is 4. The number of carbonyl (C=O) groups is 2. The molecule has 0 spiro atoms. The summed E-state index contributed by atoms with van der Waals surface area (Å²) >= 11 is 0. The molecule has 0 heterocycles. The second kappa shape index (κ2) is 6.52. The summed E-state index contributed by atoms with van der Waals surface area (Å²) in [6.45, 7) is 1.92. The lowest BCUT2D eigenvalue weighted by Crippen LogP contribution is -2.27. The molecule has 0 aliphatic heterocycles. The van der Waals surface area contributed by atoms with E-state index in [-0.39, 0.29) is 5.70 Å². The first-order valence-electron chi connectivity index (χ1n) is 6.44. The lowest BCUT2D eigenvalue weighted by molar-refractivity contribution is -0.132. The molecule has 0 saturated carbocycles. The molecule has 4 nitrogen and oxygen atoms in total. The second-order valence-electron chi connectivity index (χ2n) is 4.60. The Balaban J connectivity index is 2.24. The Bertz CT molecular complexity index is 690. The topological polar surface area (TPSA) is 66.4 Å². The van der Waals surface area contributed by atoms with Crippen LogP contribution < -0.4 is 5.32 Å². The van der Waals surface area contributed by atoms with Crippen molar-refractivity contribution in [3.63, 3.8) is 0 Å². The van der Waals surface area contributed by atoms with Gasteiger partial charge in [0.15, 0.2) is 0 Å². The molecule has 2 aromatic carbocycles. The molecule has 21 heavy (non-hydrogen) atoms. The van der Waals surface area contributed by atoms with Crippen LogP contribution >= 0.6 is 0 Å². The van der Waals surface area contributed by atoms with Crippen LogP contribution in [0.2, 0.25) is 0 Å². The van der Waals surface area contributed by atoms with E-state index in [0.717, 1.165) is 11.1 Å². The third-order valence-corrected chi connectivity index (χ3v) is 2.87. The van der Waals surface area contributed by atoms with E-state index in [0.29, 0.717) is 5.56 Å². The fraction of sp³-hybridized carbons (Fsp3) is 0.0588. The van der Waals surface area contributed by atoms with Crippen molar-refractivity contribution in [1.29, 1.82) is 0 Å². The molecule has 4 heteroatoms. The molecule has 0 atom stereocenters. The number of hydrogen-bond acceptors (Lipinski definition) is 2. The molecule has 0 aliphatic carbocycles. The van der Waals surface area contributed by atoms with Gasteiger partial charge in [0.25, 0.3) is 5.91 Å². The zero-order valence-corrected chi connectivity index (χ0v) is 11.5. The molecular formula is C17H15NO3. The van der Waals surface area contributed by atoms with Crippen molar-refractivity contribution in [2.45, 2.75) is 6.92 Å². The number of hydrogen-bond donors (Lipinski definition) is 2. The van der Waals surface area contributed by atoms with E-state index in [4.69, 9.17) is 0 Å². The summed E-state index contributed by atoms with van der Waals surface area (Å²) in [6, 6.07) is 15.9. The van der Waals surface area contributed by atoms with Crippen LogP contribution in [0.25, 0.3) is 6.08 Å². The minimum atomic E-state index is -1.18. The summed E-state index contributed by atoms with van der Waals surface area (Å²) in [5, 5.41) is 11.6. The number of aliphatic carboxylic acids is 1. The van der Waals surface area contributed by atoms with Crippen LogP contribution in [-0.4, -0.2) is 17.0 Å². The second-order valence-corrected chi connectivity index (χ2v) is 4.60. The Morgan fingerprint density at radius 1 is 1.05 bits per heavy atom. The Labute approximate surface area is 122 Å². The maximum Gasteiger partial charge on any atom is 0.352 e. The first-order valence-corrected chi connectivity index (χ1v) is 6.44. The van der Waals surface area contributed by atoms with Crippen molar-refractivity contribution in [2.75, 3.05) is 0 Å². The number of carboxylic acids is 1. The Hall–Kier alpha value is -2.88. The average Bonchev–Trinajstić information content (AvgIpc) is 2.47. The van der Waals surface area contributed by atoms with E-state index in [2.05, 4.69) is 5.32 Å². The minimum absolute atomic E-state index is 0.158. The number of aryl methyl sites for hydroxylation is 1. The predicted molar refractivity (Wildman–Crippen MR) is 80.7 cm³/mol. The van der Waals surface area contributed by atoms with Crippen LogP contribution in [0.3, 0.4) is 0 Å². The fourth-order valence-electron chi connectivity index (χ4n) is 1.86. The van der Waals surface area contributed by atoms with Gasteiger partial charge in [-0.25, -0.2) is 4.79 Å². The molecule has 0 fully saturated rings. The van der Waals surface area contributed by atoms with Crippen molar-refractivity contribution in [2.24, 2.45) is 0 Å². The largest absolute Gasteiger partial charge is 0.477 e. The summed E-state index contributed by atoms with van der Waals surface area (Å²) < 4.78 is 0. The van der Waals surface area contributed by atoms with Crippen molar-refractivity contribution in [3.05, 3.63) is 77.0 Å². The molecular weight excluding hydrogens is 266 g/mol. The van der Waals surface area contributed by atoms with Gasteiger partial charge >= 0.3 is 5.97 Å². The van der Waals surface area contributed by atoms with Gasteiger partial charge in [0, 0.05) is 5.56 Å².